The normalized spacial score (nSPS) is 13.6. The van der Waals surface area contributed by atoms with Crippen molar-refractivity contribution in [3.05, 3.63) is 0 Å². The van der Waals surface area contributed by atoms with Crippen molar-refractivity contribution in [2.45, 2.75) is 45.8 Å². The minimum absolute atomic E-state index is 0.00477. The maximum absolute atomic E-state index is 11.5. The molecule has 1 N–H and O–H groups in total. The molecule has 0 spiro atoms. The maximum atomic E-state index is 11.5. The Morgan fingerprint density at radius 2 is 2.00 bits per heavy atom. The second-order valence-electron chi connectivity index (χ2n) is 4.45. The topological polar surface area (TPSA) is 49.8 Å². The Bertz CT molecular complexity index is 186. The molecule has 1 atom stereocenters. The van der Waals surface area contributed by atoms with Crippen molar-refractivity contribution in [2.24, 2.45) is 0 Å². The molecule has 84 valence electrons. The van der Waals surface area contributed by atoms with Gasteiger partial charge in [-0.3, -0.25) is 0 Å². The Balaban J connectivity index is 4.12. The van der Waals surface area contributed by atoms with Crippen LogP contribution in [0.2, 0.25) is 0 Å². The van der Waals surface area contributed by atoms with E-state index in [2.05, 4.69) is 0 Å². The third-order valence-electron chi connectivity index (χ3n) is 1.89. The van der Waals surface area contributed by atoms with Crippen LogP contribution in [0.3, 0.4) is 0 Å². The van der Waals surface area contributed by atoms with Crippen LogP contribution < -0.4 is 0 Å². The molecule has 0 aliphatic heterocycles. The molecule has 0 saturated heterocycles. The van der Waals surface area contributed by atoms with Crippen molar-refractivity contribution in [3.63, 3.8) is 0 Å². The summed E-state index contributed by atoms with van der Waals surface area (Å²) in [7, 11) is 1.68. The van der Waals surface area contributed by atoms with E-state index in [0.717, 1.165) is 0 Å². The lowest BCUT2D eigenvalue weighted by Crippen LogP contribution is -2.39. The lowest BCUT2D eigenvalue weighted by molar-refractivity contribution is 0.0218. The number of ether oxygens (including phenoxy) is 1. The Labute approximate surface area is 85.9 Å². The summed E-state index contributed by atoms with van der Waals surface area (Å²) >= 11 is 0. The molecule has 14 heavy (non-hydrogen) atoms. The molecule has 0 saturated carbocycles. The van der Waals surface area contributed by atoms with Crippen LogP contribution in [-0.4, -0.2) is 41.4 Å². The third kappa shape index (κ3) is 5.07. The zero-order chi connectivity index (χ0) is 11.4. The van der Waals surface area contributed by atoms with E-state index in [-0.39, 0.29) is 18.7 Å². The summed E-state index contributed by atoms with van der Waals surface area (Å²) in [5.41, 5.74) is -0.468. The van der Waals surface area contributed by atoms with Crippen LogP contribution in [0.15, 0.2) is 0 Å². The van der Waals surface area contributed by atoms with Gasteiger partial charge in [-0.1, -0.05) is 0 Å². The molecule has 0 aromatic heterocycles. The van der Waals surface area contributed by atoms with Crippen LogP contribution in [0, 0.1) is 0 Å². The van der Waals surface area contributed by atoms with E-state index in [4.69, 9.17) is 9.84 Å². The van der Waals surface area contributed by atoms with Crippen LogP contribution in [0.4, 0.5) is 4.79 Å². The van der Waals surface area contributed by atoms with E-state index < -0.39 is 5.60 Å². The van der Waals surface area contributed by atoms with Crippen molar-refractivity contribution in [1.29, 1.82) is 0 Å². The zero-order valence-electron chi connectivity index (χ0n) is 9.70. The maximum Gasteiger partial charge on any atom is 0.410 e. The molecule has 0 aliphatic rings. The summed E-state index contributed by atoms with van der Waals surface area (Å²) in [6.07, 6.45) is 0.217. The fraction of sp³-hybridized carbons (Fsp3) is 0.900. The van der Waals surface area contributed by atoms with Crippen molar-refractivity contribution in [2.75, 3.05) is 13.7 Å². The first-order chi connectivity index (χ1) is 6.28. The fourth-order valence-electron chi connectivity index (χ4n) is 0.894. The molecule has 0 aromatic rings. The van der Waals surface area contributed by atoms with E-state index in [1.165, 1.54) is 4.90 Å². The van der Waals surface area contributed by atoms with E-state index >= 15 is 0 Å². The van der Waals surface area contributed by atoms with Gasteiger partial charge in [-0.25, -0.2) is 4.79 Å². The average Bonchev–Trinajstić information content (AvgIpc) is 2.00. The quantitative estimate of drug-likeness (QED) is 0.758. The van der Waals surface area contributed by atoms with Crippen LogP contribution in [0.1, 0.15) is 34.1 Å². The number of amides is 1. The van der Waals surface area contributed by atoms with Gasteiger partial charge in [-0.15, -0.1) is 0 Å². The van der Waals surface area contributed by atoms with Gasteiger partial charge in [0.15, 0.2) is 0 Å². The highest BCUT2D eigenvalue weighted by atomic mass is 16.6. The van der Waals surface area contributed by atoms with Crippen molar-refractivity contribution < 1.29 is 14.6 Å². The second-order valence-corrected chi connectivity index (χ2v) is 4.45. The first-order valence-corrected chi connectivity index (χ1v) is 4.84. The van der Waals surface area contributed by atoms with E-state index in [9.17, 15) is 4.79 Å². The fourth-order valence-corrected chi connectivity index (χ4v) is 0.894. The molecule has 4 nitrogen and oxygen atoms in total. The van der Waals surface area contributed by atoms with E-state index in [0.29, 0.717) is 6.42 Å². The molecular weight excluding hydrogens is 182 g/mol. The Morgan fingerprint density at radius 1 is 1.50 bits per heavy atom. The van der Waals surface area contributed by atoms with E-state index in [1.807, 2.05) is 27.7 Å². The first kappa shape index (κ1) is 13.2. The molecular formula is C10H21NO3. The van der Waals surface area contributed by atoms with Gasteiger partial charge in [-0.05, 0) is 34.1 Å². The standard InChI is InChI=1S/C10H21NO3/c1-8(6-7-12)11(5)9(13)14-10(2,3)4/h8,12H,6-7H2,1-5H3. The molecule has 0 aliphatic carbocycles. The van der Waals surface area contributed by atoms with Gasteiger partial charge in [-0.2, -0.15) is 0 Å². The summed E-state index contributed by atoms with van der Waals surface area (Å²) in [5, 5.41) is 8.72. The number of aliphatic hydroxyl groups excluding tert-OH is 1. The second kappa shape index (κ2) is 5.20. The number of carbonyl (C=O) groups is 1. The number of hydrogen-bond acceptors (Lipinski definition) is 3. The molecule has 0 aromatic carbocycles. The van der Waals surface area contributed by atoms with E-state index in [1.54, 1.807) is 7.05 Å². The van der Waals surface area contributed by atoms with Gasteiger partial charge in [0, 0.05) is 19.7 Å². The molecule has 0 fully saturated rings. The van der Waals surface area contributed by atoms with Gasteiger partial charge in [0.2, 0.25) is 0 Å². The number of carbonyl (C=O) groups excluding carboxylic acids is 1. The van der Waals surface area contributed by atoms with Gasteiger partial charge >= 0.3 is 6.09 Å². The Kier molecular flexibility index (Phi) is 4.91. The minimum atomic E-state index is -0.468. The number of nitrogens with zero attached hydrogens (tertiary/aromatic N) is 1. The predicted molar refractivity (Wildman–Crippen MR) is 55.2 cm³/mol. The number of aliphatic hydroxyl groups is 1. The van der Waals surface area contributed by atoms with Gasteiger partial charge in [0.1, 0.15) is 5.60 Å². The zero-order valence-corrected chi connectivity index (χ0v) is 9.70. The molecule has 1 amide bonds. The molecule has 0 bridgehead atoms. The highest BCUT2D eigenvalue weighted by Crippen LogP contribution is 2.11. The molecule has 0 rings (SSSR count). The lowest BCUT2D eigenvalue weighted by Gasteiger charge is -2.28. The summed E-state index contributed by atoms with van der Waals surface area (Å²) in [6.45, 7) is 7.44. The van der Waals surface area contributed by atoms with Gasteiger partial charge in [0.05, 0.1) is 0 Å². The molecule has 0 radical (unpaired) electrons. The first-order valence-electron chi connectivity index (χ1n) is 4.84. The van der Waals surface area contributed by atoms with Crippen molar-refractivity contribution in [3.8, 4) is 0 Å². The third-order valence-corrected chi connectivity index (χ3v) is 1.89. The average molecular weight is 203 g/mol. The van der Waals surface area contributed by atoms with Gasteiger partial charge < -0.3 is 14.7 Å². The monoisotopic (exact) mass is 203 g/mol. The van der Waals surface area contributed by atoms with Crippen LogP contribution in [0.5, 0.6) is 0 Å². The molecule has 4 heteroatoms. The Hall–Kier alpha value is -0.770. The van der Waals surface area contributed by atoms with Crippen LogP contribution in [0.25, 0.3) is 0 Å². The number of rotatable bonds is 3. The summed E-state index contributed by atoms with van der Waals surface area (Å²) in [6, 6.07) is -0.00477. The highest BCUT2D eigenvalue weighted by Gasteiger charge is 2.22. The lowest BCUT2D eigenvalue weighted by atomic mass is 10.2. The molecule has 0 heterocycles. The largest absolute Gasteiger partial charge is 0.444 e. The van der Waals surface area contributed by atoms with Crippen LogP contribution >= 0.6 is 0 Å². The summed E-state index contributed by atoms with van der Waals surface area (Å²) in [5.74, 6) is 0. The van der Waals surface area contributed by atoms with Crippen molar-refractivity contribution in [1.82, 2.24) is 4.90 Å². The predicted octanol–water partition coefficient (Wildman–Crippen LogP) is 1.62. The van der Waals surface area contributed by atoms with Crippen LogP contribution in [-0.2, 0) is 4.74 Å². The SMILES string of the molecule is CC(CCO)N(C)C(=O)OC(C)(C)C. The van der Waals surface area contributed by atoms with Crippen molar-refractivity contribution >= 4 is 6.09 Å². The highest BCUT2D eigenvalue weighted by molar-refractivity contribution is 5.68. The summed E-state index contributed by atoms with van der Waals surface area (Å²) < 4.78 is 5.17. The smallest absolute Gasteiger partial charge is 0.410 e. The molecule has 1 unspecified atom stereocenters. The summed E-state index contributed by atoms with van der Waals surface area (Å²) in [4.78, 5) is 13.0. The Morgan fingerprint density at radius 3 is 2.36 bits per heavy atom. The minimum Gasteiger partial charge on any atom is -0.444 e. The van der Waals surface area contributed by atoms with Gasteiger partial charge in [0.25, 0.3) is 0 Å². The number of hydrogen-bond donors (Lipinski definition) is 1.